The third kappa shape index (κ3) is 3.86. The maximum atomic E-state index is 12.2. The molecule has 1 aromatic rings. The molecule has 2 aliphatic heterocycles. The van der Waals surface area contributed by atoms with Crippen molar-refractivity contribution in [3.8, 4) is 0 Å². The van der Waals surface area contributed by atoms with Crippen LogP contribution in [0.1, 0.15) is 5.56 Å². The lowest BCUT2D eigenvalue weighted by Gasteiger charge is -2.52. The molecule has 3 amide bonds. The molecular weight excluding hydrogens is 424 g/mol. The number of amides is 3. The molecule has 30 heavy (non-hydrogen) atoms. The molecule has 2 fully saturated rings. The Kier molecular flexibility index (Phi) is 5.80. The summed E-state index contributed by atoms with van der Waals surface area (Å²) in [6.45, 7) is -0.557. The molecule has 0 saturated carbocycles. The number of nitro benzene ring substituents is 1. The van der Waals surface area contributed by atoms with Gasteiger partial charge in [-0.1, -0.05) is 0 Å². The SMILES string of the molecule is O=C(NOCc1ccc([N+](=O)[O-])cc1)NC1C(=O)N2CC(C(=O)O)(C(=O)O)CS[C@H]12. The first kappa shape index (κ1) is 21.3. The van der Waals surface area contributed by atoms with Crippen LogP contribution in [0.15, 0.2) is 24.3 Å². The molecule has 0 aliphatic carbocycles. The van der Waals surface area contributed by atoms with Crippen molar-refractivity contribution in [3.63, 3.8) is 0 Å². The number of non-ortho nitro benzene ring substituents is 1. The zero-order chi connectivity index (χ0) is 22.1. The second-order valence-corrected chi connectivity index (χ2v) is 7.73. The van der Waals surface area contributed by atoms with Crippen LogP contribution in [-0.2, 0) is 25.8 Å². The molecule has 4 N–H and O–H groups in total. The lowest BCUT2D eigenvalue weighted by Crippen LogP contribution is -2.75. The number of carboxylic acids is 2. The van der Waals surface area contributed by atoms with E-state index in [2.05, 4.69) is 10.8 Å². The van der Waals surface area contributed by atoms with E-state index in [1.165, 1.54) is 24.3 Å². The molecule has 0 aromatic heterocycles. The van der Waals surface area contributed by atoms with Crippen LogP contribution in [0.3, 0.4) is 0 Å². The van der Waals surface area contributed by atoms with Gasteiger partial charge in [-0.15, -0.1) is 11.8 Å². The third-order valence-corrected chi connectivity index (χ3v) is 6.27. The van der Waals surface area contributed by atoms with E-state index in [-0.39, 0.29) is 18.0 Å². The van der Waals surface area contributed by atoms with Crippen molar-refractivity contribution in [1.82, 2.24) is 15.7 Å². The molecule has 0 bridgehead atoms. The number of hydrogen-bond donors (Lipinski definition) is 4. The van der Waals surface area contributed by atoms with Gasteiger partial charge in [-0.2, -0.15) is 0 Å². The van der Waals surface area contributed by atoms with Crippen molar-refractivity contribution < 1.29 is 39.2 Å². The van der Waals surface area contributed by atoms with Crippen LogP contribution in [0, 0.1) is 15.5 Å². The summed E-state index contributed by atoms with van der Waals surface area (Å²) in [4.78, 5) is 63.1. The van der Waals surface area contributed by atoms with E-state index in [9.17, 15) is 39.5 Å². The van der Waals surface area contributed by atoms with Crippen molar-refractivity contribution >= 4 is 41.3 Å². The Morgan fingerprint density at radius 1 is 1.27 bits per heavy atom. The van der Waals surface area contributed by atoms with Crippen molar-refractivity contribution in [3.05, 3.63) is 39.9 Å². The largest absolute Gasteiger partial charge is 0.480 e. The van der Waals surface area contributed by atoms with Crippen LogP contribution in [0.25, 0.3) is 0 Å². The zero-order valence-electron chi connectivity index (χ0n) is 15.1. The number of aliphatic carboxylic acids is 2. The van der Waals surface area contributed by atoms with Gasteiger partial charge in [0.2, 0.25) is 5.91 Å². The molecule has 2 heterocycles. The van der Waals surface area contributed by atoms with E-state index in [1.807, 2.05) is 0 Å². The fraction of sp³-hybridized carbons (Fsp3) is 0.375. The number of nitro groups is 1. The number of urea groups is 1. The van der Waals surface area contributed by atoms with Crippen LogP contribution in [-0.4, -0.2) is 67.6 Å². The Hall–Kier alpha value is -3.39. The number of carbonyl (C=O) groups is 4. The Labute approximate surface area is 172 Å². The first-order chi connectivity index (χ1) is 14.2. The number of hydroxylamine groups is 1. The number of benzene rings is 1. The summed E-state index contributed by atoms with van der Waals surface area (Å²) in [5.74, 6) is -3.89. The number of carboxylic acid groups (broad SMARTS) is 2. The lowest BCUT2D eigenvalue weighted by molar-refractivity contribution is -0.384. The molecule has 2 aliphatic rings. The van der Waals surface area contributed by atoms with Crippen molar-refractivity contribution in [1.29, 1.82) is 0 Å². The van der Waals surface area contributed by atoms with Crippen molar-refractivity contribution in [2.45, 2.75) is 18.0 Å². The molecule has 1 unspecified atom stereocenters. The highest BCUT2D eigenvalue weighted by atomic mass is 32.2. The first-order valence-corrected chi connectivity index (χ1v) is 9.51. The number of carbonyl (C=O) groups excluding carboxylic acids is 2. The van der Waals surface area contributed by atoms with Crippen LogP contribution >= 0.6 is 11.8 Å². The van der Waals surface area contributed by atoms with E-state index in [4.69, 9.17) is 4.84 Å². The van der Waals surface area contributed by atoms with Gasteiger partial charge in [0.1, 0.15) is 11.4 Å². The van der Waals surface area contributed by atoms with E-state index >= 15 is 0 Å². The summed E-state index contributed by atoms with van der Waals surface area (Å²) in [5, 5.41) is 30.9. The van der Waals surface area contributed by atoms with Crippen LogP contribution < -0.4 is 10.8 Å². The number of hydrogen-bond acceptors (Lipinski definition) is 8. The molecule has 160 valence electrons. The van der Waals surface area contributed by atoms with Crippen molar-refractivity contribution in [2.75, 3.05) is 12.3 Å². The molecule has 13 nitrogen and oxygen atoms in total. The lowest BCUT2D eigenvalue weighted by atomic mass is 9.87. The van der Waals surface area contributed by atoms with Crippen molar-refractivity contribution in [2.24, 2.45) is 5.41 Å². The monoisotopic (exact) mass is 440 g/mol. The van der Waals surface area contributed by atoms with Crippen LogP contribution in [0.4, 0.5) is 10.5 Å². The highest BCUT2D eigenvalue weighted by molar-refractivity contribution is 8.00. The zero-order valence-corrected chi connectivity index (χ0v) is 16.0. The van der Waals surface area contributed by atoms with Crippen LogP contribution in [0.2, 0.25) is 0 Å². The number of fused-ring (bicyclic) bond motifs is 1. The number of nitrogens with one attached hydrogen (secondary N) is 2. The van der Waals surface area contributed by atoms with E-state index in [0.29, 0.717) is 5.56 Å². The number of thioether (sulfide) groups is 1. The minimum atomic E-state index is -2.09. The van der Waals surface area contributed by atoms with Gasteiger partial charge in [0.05, 0.1) is 11.5 Å². The summed E-state index contributed by atoms with van der Waals surface area (Å²) in [5.41, 5.74) is 0.476. The summed E-state index contributed by atoms with van der Waals surface area (Å²) in [6.07, 6.45) is 0. The smallest absolute Gasteiger partial charge is 0.339 e. The average molecular weight is 440 g/mol. The number of rotatable bonds is 7. The van der Waals surface area contributed by atoms with Gasteiger partial charge in [0, 0.05) is 24.4 Å². The molecular formula is C16H16N4O9S. The fourth-order valence-electron chi connectivity index (χ4n) is 2.99. The molecule has 0 spiro atoms. The summed E-state index contributed by atoms with van der Waals surface area (Å²) in [7, 11) is 0. The number of β-lactam (4-membered cyclic amide) rings is 1. The Morgan fingerprint density at radius 3 is 2.47 bits per heavy atom. The van der Waals surface area contributed by atoms with Gasteiger partial charge in [0.15, 0.2) is 5.41 Å². The summed E-state index contributed by atoms with van der Waals surface area (Å²) in [6, 6.07) is 3.73. The van der Waals surface area contributed by atoms with E-state index in [0.717, 1.165) is 16.7 Å². The molecule has 2 saturated heterocycles. The summed E-state index contributed by atoms with van der Waals surface area (Å²) < 4.78 is 0. The highest BCUT2D eigenvalue weighted by Gasteiger charge is 2.60. The Morgan fingerprint density at radius 2 is 1.90 bits per heavy atom. The van der Waals surface area contributed by atoms with Gasteiger partial charge in [-0.05, 0) is 17.7 Å². The first-order valence-electron chi connectivity index (χ1n) is 8.46. The summed E-state index contributed by atoms with van der Waals surface area (Å²) >= 11 is 0.960. The molecule has 3 rings (SSSR count). The maximum Gasteiger partial charge on any atom is 0.339 e. The predicted octanol–water partition coefficient (Wildman–Crippen LogP) is -0.235. The predicted molar refractivity (Wildman–Crippen MR) is 99.0 cm³/mol. The standard InChI is InChI=1S/C16H16N4O9S/c21-11-10(12-19(11)6-16(7-30-12,13(22)23)14(24)25)17-15(26)18-29-5-8-1-3-9(4-2-8)20(27)28/h1-4,10,12H,5-7H2,(H,22,23)(H,24,25)(H2,17,18,26)/t10?,12-/m1/s1. The van der Waals surface area contributed by atoms with Gasteiger partial charge in [0.25, 0.3) is 5.69 Å². The quantitative estimate of drug-likeness (QED) is 0.191. The Bertz CT molecular complexity index is 892. The van der Waals surface area contributed by atoms with Gasteiger partial charge in [-0.3, -0.25) is 29.3 Å². The molecule has 0 radical (unpaired) electrons. The van der Waals surface area contributed by atoms with Gasteiger partial charge in [-0.25, -0.2) is 10.3 Å². The van der Waals surface area contributed by atoms with Gasteiger partial charge < -0.3 is 20.4 Å². The highest BCUT2D eigenvalue weighted by Crippen LogP contribution is 2.42. The second kappa shape index (κ2) is 8.16. The van der Waals surface area contributed by atoms with Gasteiger partial charge >= 0.3 is 18.0 Å². The molecule has 14 heteroatoms. The minimum Gasteiger partial charge on any atom is -0.480 e. The minimum absolute atomic E-state index is 0.0753. The normalized spacial score (nSPS) is 21.7. The second-order valence-electron chi connectivity index (χ2n) is 6.63. The third-order valence-electron chi connectivity index (χ3n) is 4.74. The van der Waals surface area contributed by atoms with E-state index < -0.39 is 52.2 Å². The van der Waals surface area contributed by atoms with E-state index in [1.54, 1.807) is 0 Å². The molecule has 2 atom stereocenters. The average Bonchev–Trinajstić information content (AvgIpc) is 2.71. The maximum absolute atomic E-state index is 12.2. The number of nitrogens with zero attached hydrogens (tertiary/aromatic N) is 2. The van der Waals surface area contributed by atoms with Crippen LogP contribution in [0.5, 0.6) is 0 Å². The topological polar surface area (TPSA) is 188 Å². The Balaban J connectivity index is 1.48. The fourth-order valence-corrected chi connectivity index (χ4v) is 4.52. The molecule has 1 aromatic carbocycles.